The summed E-state index contributed by atoms with van der Waals surface area (Å²) >= 11 is 0. The first-order valence-electron chi connectivity index (χ1n) is 21.1. The van der Waals surface area contributed by atoms with Gasteiger partial charge >= 0.3 is 0 Å². The summed E-state index contributed by atoms with van der Waals surface area (Å²) in [5.41, 5.74) is 3.92. The van der Waals surface area contributed by atoms with Crippen LogP contribution >= 0.6 is 0 Å². The van der Waals surface area contributed by atoms with Crippen molar-refractivity contribution in [2.75, 3.05) is 9.80 Å². The van der Waals surface area contributed by atoms with Gasteiger partial charge in [-0.25, -0.2) is 0 Å². The lowest BCUT2D eigenvalue weighted by atomic mass is 9.98. The molecule has 0 unspecified atom stereocenters. The first-order chi connectivity index (χ1) is 29.2. The second-order valence-corrected chi connectivity index (χ2v) is 12.4. The molecule has 0 bridgehead atoms. The highest BCUT2D eigenvalue weighted by Crippen LogP contribution is 2.44. The van der Waals surface area contributed by atoms with Crippen molar-refractivity contribution in [3.8, 4) is 22.3 Å². The number of para-hydroxylation sites is 3. The van der Waals surface area contributed by atoms with Crippen LogP contribution in [0.4, 0.5) is 34.1 Å². The second-order valence-electron chi connectivity index (χ2n) is 12.4. The van der Waals surface area contributed by atoms with Gasteiger partial charge in [-0.05, 0) is 99.7 Å². The molecule has 9 rings (SSSR count). The fraction of sp³-hybridized carbons (Fsp3) is 0. The van der Waals surface area contributed by atoms with Gasteiger partial charge in [0.15, 0.2) is 0 Å². The molecule has 2 nitrogen and oxygen atoms in total. The van der Waals surface area contributed by atoms with Gasteiger partial charge in [0.25, 0.3) is 0 Å². The van der Waals surface area contributed by atoms with Crippen LogP contribution in [0.3, 0.4) is 0 Å². The summed E-state index contributed by atoms with van der Waals surface area (Å²) in [6.45, 7) is 0. The molecule has 0 spiro atoms. The van der Waals surface area contributed by atoms with Gasteiger partial charge in [-0.3, -0.25) is 0 Å². The maximum absolute atomic E-state index is 9.21. The first-order valence-corrected chi connectivity index (χ1v) is 17.1. The second kappa shape index (κ2) is 13.8. The molecule has 9 aromatic rings. The highest BCUT2D eigenvalue weighted by molar-refractivity contribution is 6.14. The van der Waals surface area contributed by atoms with Gasteiger partial charge in [0.1, 0.15) is 0 Å². The lowest BCUT2D eigenvalue weighted by molar-refractivity contribution is 1.28. The van der Waals surface area contributed by atoms with Crippen molar-refractivity contribution in [3.63, 3.8) is 0 Å². The van der Waals surface area contributed by atoms with Crippen LogP contribution in [-0.4, -0.2) is 0 Å². The number of fused-ring (bicyclic) bond motifs is 2. The zero-order chi connectivity index (χ0) is 41.7. The van der Waals surface area contributed by atoms with Gasteiger partial charge in [-0.1, -0.05) is 152 Å². The van der Waals surface area contributed by atoms with Crippen molar-refractivity contribution < 1.29 is 11.0 Å². The average molecular weight is 673 g/mol. The Morgan fingerprint density at radius 1 is 0.288 bits per heavy atom. The van der Waals surface area contributed by atoms with E-state index in [1.54, 1.807) is 17.0 Å². The van der Waals surface area contributed by atoms with Crippen molar-refractivity contribution in [2.45, 2.75) is 0 Å². The third-order valence-corrected chi connectivity index (χ3v) is 9.13. The van der Waals surface area contributed by atoms with Crippen LogP contribution in [0, 0.1) is 0 Å². The topological polar surface area (TPSA) is 6.48 Å². The summed E-state index contributed by atoms with van der Waals surface area (Å²) in [5, 5.41) is 4.31. The van der Waals surface area contributed by atoms with E-state index < -0.39 is 24.2 Å². The Bertz CT molecular complexity index is 2920. The van der Waals surface area contributed by atoms with Crippen LogP contribution in [0.15, 0.2) is 218 Å². The third kappa shape index (κ3) is 5.97. The smallest absolute Gasteiger partial charge is 0.0645 e. The highest BCUT2D eigenvalue weighted by Gasteiger charge is 2.19. The molecule has 0 aliphatic carbocycles. The molecule has 0 aliphatic heterocycles. The van der Waals surface area contributed by atoms with E-state index in [1.807, 2.05) is 127 Å². The van der Waals surface area contributed by atoms with E-state index in [-0.39, 0.29) is 46.5 Å². The largest absolute Gasteiger partial charge is 0.311 e. The minimum absolute atomic E-state index is 0.000778. The molecule has 0 atom stereocenters. The predicted molar refractivity (Wildman–Crippen MR) is 222 cm³/mol. The molecule has 0 N–H and O–H groups in total. The summed E-state index contributed by atoms with van der Waals surface area (Å²) in [6.07, 6.45) is 0. The summed E-state index contributed by atoms with van der Waals surface area (Å²) in [6, 6.07) is 51.1. The number of hydrogen-bond donors (Lipinski definition) is 0. The van der Waals surface area contributed by atoms with Crippen LogP contribution in [-0.2, 0) is 0 Å². The Kier molecular flexibility index (Phi) is 6.23. The minimum Gasteiger partial charge on any atom is -0.311 e. The normalized spacial score (nSPS) is 13.2. The molecule has 2 heteroatoms. The summed E-state index contributed by atoms with van der Waals surface area (Å²) < 4.78 is 73.5. The van der Waals surface area contributed by atoms with Gasteiger partial charge in [-0.2, -0.15) is 0 Å². The molecule has 0 radical (unpaired) electrons. The molecule has 0 aliphatic rings. The predicted octanol–water partition coefficient (Wildman–Crippen LogP) is 14.3. The fourth-order valence-corrected chi connectivity index (χ4v) is 6.68. The van der Waals surface area contributed by atoms with E-state index in [2.05, 4.69) is 35.2 Å². The first kappa shape index (κ1) is 23.5. The summed E-state index contributed by atoms with van der Waals surface area (Å²) in [4.78, 5) is 3.84. The van der Waals surface area contributed by atoms with Crippen molar-refractivity contribution in [2.24, 2.45) is 0 Å². The number of rotatable bonds is 8. The fourth-order valence-electron chi connectivity index (χ4n) is 6.68. The Morgan fingerprint density at radius 3 is 1.13 bits per heavy atom. The quantitative estimate of drug-likeness (QED) is 0.148. The molecule has 52 heavy (non-hydrogen) atoms. The van der Waals surface area contributed by atoms with Gasteiger partial charge in [0.05, 0.1) is 16.7 Å². The summed E-state index contributed by atoms with van der Waals surface area (Å²) in [7, 11) is 0. The van der Waals surface area contributed by atoms with Crippen LogP contribution in [0.5, 0.6) is 0 Å². The Hall–Kier alpha value is -6.90. The number of anilines is 6. The van der Waals surface area contributed by atoms with E-state index in [0.717, 1.165) is 38.6 Å². The van der Waals surface area contributed by atoms with Crippen molar-refractivity contribution in [1.29, 1.82) is 0 Å². The van der Waals surface area contributed by atoms with E-state index in [1.165, 1.54) is 0 Å². The zero-order valence-electron chi connectivity index (χ0n) is 36.1. The SMILES string of the molecule is [2H]c1c([2H])c(-c2c([2H])c([2H])c(N(c3ccccc3)c3ccccc3)c([2H])c2[2H])c([2H])c([2H])c1-c1ccc(N(c2ccccc2)c2c3ccccc3cc3ccccc23)cc1. The highest BCUT2D eigenvalue weighted by atomic mass is 15.1. The molecular weight excluding hydrogens is 629 g/mol. The Morgan fingerprint density at radius 2 is 0.654 bits per heavy atom. The maximum atomic E-state index is 9.21. The van der Waals surface area contributed by atoms with Crippen molar-refractivity contribution >= 4 is 55.7 Å². The number of nitrogens with zero attached hydrogens (tertiary/aromatic N) is 2. The van der Waals surface area contributed by atoms with Gasteiger partial charge in [0, 0.05) is 39.2 Å². The van der Waals surface area contributed by atoms with E-state index >= 15 is 0 Å². The number of benzene rings is 9. The van der Waals surface area contributed by atoms with Gasteiger partial charge < -0.3 is 9.80 Å². The van der Waals surface area contributed by atoms with E-state index in [0.29, 0.717) is 16.9 Å². The molecule has 0 fully saturated rings. The van der Waals surface area contributed by atoms with Crippen LogP contribution in [0.2, 0.25) is 0 Å². The van der Waals surface area contributed by atoms with Crippen LogP contribution in [0.1, 0.15) is 11.0 Å². The standard InChI is InChI=1S/C50H36N2/c1-4-16-43(17-5-1)51(44-18-6-2-7-19-44)46-32-28-39(29-33-46)37-24-26-38(27-25-37)40-30-34-47(35-31-40)52(45-20-8-3-9-21-45)50-48-22-12-10-14-41(48)36-42-15-11-13-23-49(42)50/h1-36H/i24D,25D,26D,27D,28D,29D,32D,33D. The van der Waals surface area contributed by atoms with Crippen molar-refractivity contribution in [3.05, 3.63) is 218 Å². The summed E-state index contributed by atoms with van der Waals surface area (Å²) in [5.74, 6) is 0. The molecule has 0 heterocycles. The molecule has 0 saturated carbocycles. The third-order valence-electron chi connectivity index (χ3n) is 9.13. The molecule has 9 aromatic carbocycles. The lowest BCUT2D eigenvalue weighted by Gasteiger charge is -2.28. The molecular formula is C50H36N2. The zero-order valence-corrected chi connectivity index (χ0v) is 28.1. The minimum atomic E-state index is -0.470. The van der Waals surface area contributed by atoms with Crippen molar-refractivity contribution in [1.82, 2.24) is 0 Å². The van der Waals surface area contributed by atoms with Crippen LogP contribution < -0.4 is 9.80 Å². The Labute approximate surface area is 316 Å². The maximum Gasteiger partial charge on any atom is 0.0645 e. The van der Waals surface area contributed by atoms with Gasteiger partial charge in [0.2, 0.25) is 0 Å². The lowest BCUT2D eigenvalue weighted by Crippen LogP contribution is -2.11. The average Bonchev–Trinajstić information content (AvgIpc) is 3.29. The molecule has 0 saturated heterocycles. The number of hydrogen-bond acceptors (Lipinski definition) is 2. The van der Waals surface area contributed by atoms with E-state index in [4.69, 9.17) is 0 Å². The molecule has 246 valence electrons. The molecule has 0 aromatic heterocycles. The van der Waals surface area contributed by atoms with E-state index in [9.17, 15) is 11.0 Å². The van der Waals surface area contributed by atoms with Crippen LogP contribution in [0.25, 0.3) is 43.8 Å². The van der Waals surface area contributed by atoms with Gasteiger partial charge in [-0.15, -0.1) is 0 Å². The molecule has 0 amide bonds. The Balaban J connectivity index is 1.17. The monoisotopic (exact) mass is 672 g/mol.